The first-order chi connectivity index (χ1) is 6.19. The minimum absolute atomic E-state index is 0.363. The molecule has 1 unspecified atom stereocenters. The number of oxime groups is 1. The van der Waals surface area contributed by atoms with Crippen LogP contribution < -0.4 is 0 Å². The summed E-state index contributed by atoms with van der Waals surface area (Å²) in [4.78, 5) is 6.69. The zero-order valence-electron chi connectivity index (χ0n) is 7.23. The van der Waals surface area contributed by atoms with E-state index in [1.54, 1.807) is 6.92 Å². The van der Waals surface area contributed by atoms with Crippen molar-refractivity contribution in [3.05, 3.63) is 30.4 Å². The zero-order chi connectivity index (χ0) is 9.84. The lowest BCUT2D eigenvalue weighted by Crippen LogP contribution is -1.98. The monoisotopic (exact) mass is 181 g/mol. The minimum atomic E-state index is -0.771. The molecule has 1 heterocycles. The standard InChI is InChI=1S/C8H11N3O2/c1-3-7(12)6-4-9-8(10-6)5(2)11-13/h3-4,7,12-13H,1H2,2H3,(H,9,10). The van der Waals surface area contributed by atoms with Gasteiger partial charge in [-0.1, -0.05) is 11.2 Å². The fourth-order valence-electron chi connectivity index (χ4n) is 0.844. The molecule has 0 spiro atoms. The number of aliphatic hydroxyl groups is 1. The van der Waals surface area contributed by atoms with Gasteiger partial charge in [0.15, 0.2) is 5.82 Å². The highest BCUT2D eigenvalue weighted by Gasteiger charge is 2.08. The third-order valence-electron chi connectivity index (χ3n) is 1.63. The Balaban J connectivity index is 2.92. The molecule has 0 aromatic carbocycles. The van der Waals surface area contributed by atoms with Crippen LogP contribution in [0.4, 0.5) is 0 Å². The van der Waals surface area contributed by atoms with Crippen LogP contribution in [0.2, 0.25) is 0 Å². The Hall–Kier alpha value is -1.62. The van der Waals surface area contributed by atoms with Crippen LogP contribution >= 0.6 is 0 Å². The van der Waals surface area contributed by atoms with Crippen molar-refractivity contribution < 1.29 is 10.3 Å². The van der Waals surface area contributed by atoms with Crippen molar-refractivity contribution in [2.45, 2.75) is 13.0 Å². The molecule has 5 nitrogen and oxygen atoms in total. The number of imidazole rings is 1. The molecule has 0 aliphatic rings. The molecule has 0 amide bonds. The molecule has 0 fully saturated rings. The highest BCUT2D eigenvalue weighted by atomic mass is 16.4. The van der Waals surface area contributed by atoms with Gasteiger partial charge in [-0.3, -0.25) is 0 Å². The van der Waals surface area contributed by atoms with Gasteiger partial charge >= 0.3 is 0 Å². The number of nitrogens with one attached hydrogen (secondary N) is 1. The lowest BCUT2D eigenvalue weighted by atomic mass is 10.3. The van der Waals surface area contributed by atoms with Crippen molar-refractivity contribution in [1.82, 2.24) is 9.97 Å². The number of aromatic amines is 1. The van der Waals surface area contributed by atoms with Gasteiger partial charge in [0.2, 0.25) is 0 Å². The third-order valence-corrected chi connectivity index (χ3v) is 1.63. The normalized spacial score (nSPS) is 14.2. The van der Waals surface area contributed by atoms with Gasteiger partial charge in [0.05, 0.1) is 11.9 Å². The van der Waals surface area contributed by atoms with Gasteiger partial charge in [-0.05, 0) is 6.92 Å². The lowest BCUT2D eigenvalue weighted by Gasteiger charge is -1.99. The Bertz CT molecular complexity index is 330. The predicted molar refractivity (Wildman–Crippen MR) is 47.7 cm³/mol. The first-order valence-electron chi connectivity index (χ1n) is 3.73. The number of H-pyrrole nitrogens is 1. The van der Waals surface area contributed by atoms with Gasteiger partial charge in [-0.2, -0.15) is 0 Å². The number of hydrogen-bond donors (Lipinski definition) is 3. The van der Waals surface area contributed by atoms with Crippen LogP contribution in [0, 0.1) is 0 Å². The van der Waals surface area contributed by atoms with Crippen molar-refractivity contribution in [3.63, 3.8) is 0 Å². The molecule has 0 bridgehead atoms. The van der Waals surface area contributed by atoms with Crippen LogP contribution in [-0.2, 0) is 0 Å². The van der Waals surface area contributed by atoms with Crippen molar-refractivity contribution >= 4 is 5.71 Å². The number of aromatic nitrogens is 2. The summed E-state index contributed by atoms with van der Waals surface area (Å²) in [6.45, 7) is 5.03. The molecule has 0 aliphatic heterocycles. The number of nitrogens with zero attached hydrogens (tertiary/aromatic N) is 2. The lowest BCUT2D eigenvalue weighted by molar-refractivity contribution is 0.224. The van der Waals surface area contributed by atoms with E-state index in [1.165, 1.54) is 12.3 Å². The van der Waals surface area contributed by atoms with E-state index in [0.29, 0.717) is 17.2 Å². The maximum Gasteiger partial charge on any atom is 0.155 e. The third kappa shape index (κ3) is 1.94. The first kappa shape index (κ1) is 9.47. The summed E-state index contributed by atoms with van der Waals surface area (Å²) in [5.74, 6) is 0.429. The molecular formula is C8H11N3O2. The molecule has 0 saturated carbocycles. The second kappa shape index (κ2) is 3.86. The Morgan fingerprint density at radius 2 is 2.54 bits per heavy atom. The fraction of sp³-hybridized carbons (Fsp3) is 0.250. The van der Waals surface area contributed by atoms with Crippen molar-refractivity contribution in [2.24, 2.45) is 5.16 Å². The van der Waals surface area contributed by atoms with Crippen LogP contribution in [0.15, 0.2) is 24.0 Å². The number of aliphatic hydroxyl groups excluding tert-OH is 1. The van der Waals surface area contributed by atoms with E-state index in [4.69, 9.17) is 5.21 Å². The van der Waals surface area contributed by atoms with Crippen LogP contribution in [-0.4, -0.2) is 26.0 Å². The molecule has 1 atom stereocenters. The summed E-state index contributed by atoms with van der Waals surface area (Å²) in [6.07, 6.45) is 2.08. The molecule has 70 valence electrons. The minimum Gasteiger partial charge on any atom is -0.411 e. The topological polar surface area (TPSA) is 81.5 Å². The Morgan fingerprint density at radius 1 is 1.85 bits per heavy atom. The molecule has 13 heavy (non-hydrogen) atoms. The molecule has 5 heteroatoms. The van der Waals surface area contributed by atoms with E-state index in [2.05, 4.69) is 21.7 Å². The highest BCUT2D eigenvalue weighted by Crippen LogP contribution is 2.10. The van der Waals surface area contributed by atoms with Gasteiger partial charge in [-0.15, -0.1) is 6.58 Å². The largest absolute Gasteiger partial charge is 0.411 e. The SMILES string of the molecule is C=CC(O)c1cnc(C(C)=NO)[nH]1. The summed E-state index contributed by atoms with van der Waals surface area (Å²) in [5.41, 5.74) is 0.885. The van der Waals surface area contributed by atoms with Crippen molar-refractivity contribution in [3.8, 4) is 0 Å². The summed E-state index contributed by atoms with van der Waals surface area (Å²) < 4.78 is 0. The highest BCUT2D eigenvalue weighted by molar-refractivity contribution is 5.94. The number of hydrogen-bond acceptors (Lipinski definition) is 4. The van der Waals surface area contributed by atoms with Gasteiger partial charge in [0.1, 0.15) is 11.8 Å². The first-order valence-corrected chi connectivity index (χ1v) is 3.73. The van der Waals surface area contributed by atoms with Crippen LogP contribution in [0.3, 0.4) is 0 Å². The Kier molecular flexibility index (Phi) is 2.81. The summed E-state index contributed by atoms with van der Waals surface area (Å²) >= 11 is 0. The van der Waals surface area contributed by atoms with Crippen LogP contribution in [0.1, 0.15) is 24.5 Å². The molecule has 0 radical (unpaired) electrons. The summed E-state index contributed by atoms with van der Waals surface area (Å²) in [6, 6.07) is 0. The quantitative estimate of drug-likeness (QED) is 0.279. The molecule has 3 N–H and O–H groups in total. The molecule has 1 aromatic heterocycles. The molecule has 1 rings (SSSR count). The van der Waals surface area contributed by atoms with Gasteiger partial charge in [-0.25, -0.2) is 4.98 Å². The second-order valence-electron chi connectivity index (χ2n) is 2.55. The van der Waals surface area contributed by atoms with E-state index in [9.17, 15) is 5.11 Å². The zero-order valence-corrected chi connectivity index (χ0v) is 7.23. The number of rotatable bonds is 3. The van der Waals surface area contributed by atoms with Gasteiger partial charge < -0.3 is 15.3 Å². The average molecular weight is 181 g/mol. The van der Waals surface area contributed by atoms with E-state index in [1.807, 2.05) is 0 Å². The van der Waals surface area contributed by atoms with Crippen LogP contribution in [0.25, 0.3) is 0 Å². The summed E-state index contributed by atoms with van der Waals surface area (Å²) in [5, 5.41) is 20.7. The van der Waals surface area contributed by atoms with E-state index >= 15 is 0 Å². The van der Waals surface area contributed by atoms with Crippen LogP contribution in [0.5, 0.6) is 0 Å². The average Bonchev–Trinajstić information content (AvgIpc) is 2.64. The Labute approximate surface area is 75.4 Å². The second-order valence-corrected chi connectivity index (χ2v) is 2.55. The van der Waals surface area contributed by atoms with Crippen molar-refractivity contribution in [1.29, 1.82) is 0 Å². The van der Waals surface area contributed by atoms with E-state index in [-0.39, 0.29) is 0 Å². The van der Waals surface area contributed by atoms with Crippen molar-refractivity contribution in [2.75, 3.05) is 0 Å². The predicted octanol–water partition coefficient (Wildman–Crippen LogP) is 0.827. The molecule has 0 saturated heterocycles. The van der Waals surface area contributed by atoms with Gasteiger partial charge in [0, 0.05) is 0 Å². The maximum absolute atomic E-state index is 9.31. The van der Waals surface area contributed by atoms with E-state index in [0.717, 1.165) is 0 Å². The van der Waals surface area contributed by atoms with E-state index < -0.39 is 6.10 Å². The molecule has 1 aromatic rings. The molecule has 0 aliphatic carbocycles. The molecular weight excluding hydrogens is 170 g/mol. The Morgan fingerprint density at radius 3 is 3.08 bits per heavy atom. The fourth-order valence-corrected chi connectivity index (χ4v) is 0.844. The smallest absolute Gasteiger partial charge is 0.155 e. The summed E-state index contributed by atoms with van der Waals surface area (Å²) in [7, 11) is 0. The van der Waals surface area contributed by atoms with Gasteiger partial charge in [0.25, 0.3) is 0 Å². The maximum atomic E-state index is 9.31.